The molecule has 2 aromatic heterocycles. The van der Waals surface area contributed by atoms with Gasteiger partial charge >= 0.3 is 0 Å². The fourth-order valence-corrected chi connectivity index (χ4v) is 3.47. The average Bonchev–Trinajstić information content (AvgIpc) is 3.22. The minimum atomic E-state index is -0.163. The molecule has 0 unspecified atom stereocenters. The number of carbonyl (C=O) groups is 1. The van der Waals surface area contributed by atoms with Crippen molar-refractivity contribution in [2.45, 2.75) is 20.0 Å². The second-order valence-corrected chi connectivity index (χ2v) is 7.91. The van der Waals surface area contributed by atoms with Crippen LogP contribution in [0.5, 0.6) is 5.88 Å². The molecule has 1 aliphatic rings. The second kappa shape index (κ2) is 10.8. The number of amides is 1. The highest BCUT2D eigenvalue weighted by molar-refractivity contribution is 5.98. The van der Waals surface area contributed by atoms with E-state index in [1.807, 2.05) is 67.2 Å². The first-order valence-electron chi connectivity index (χ1n) is 10.9. The summed E-state index contributed by atoms with van der Waals surface area (Å²) in [4.78, 5) is 22.0. The summed E-state index contributed by atoms with van der Waals surface area (Å²) in [6.45, 7) is 4.01. The number of nitrogens with one attached hydrogen (secondary N) is 1. The third-order valence-electron chi connectivity index (χ3n) is 5.40. The van der Waals surface area contributed by atoms with Gasteiger partial charge in [0.2, 0.25) is 0 Å². The average molecular weight is 449 g/mol. The van der Waals surface area contributed by atoms with Gasteiger partial charge in [0, 0.05) is 43.0 Å². The number of ether oxygens (including phenoxy) is 2. The highest BCUT2D eigenvalue weighted by atomic mass is 16.6. The Kier molecular flexibility index (Phi) is 7.36. The van der Waals surface area contributed by atoms with Gasteiger partial charge in [0.1, 0.15) is 6.61 Å². The molecule has 8 nitrogen and oxygen atoms in total. The van der Waals surface area contributed by atoms with Crippen LogP contribution in [0.2, 0.25) is 0 Å². The van der Waals surface area contributed by atoms with E-state index in [0.29, 0.717) is 32.2 Å². The molecule has 3 aromatic rings. The molecule has 0 saturated carbocycles. The zero-order valence-electron chi connectivity index (χ0n) is 18.9. The molecule has 172 valence electrons. The van der Waals surface area contributed by atoms with Crippen molar-refractivity contribution in [1.82, 2.24) is 14.9 Å². The molecular formula is C25H28N4O4. The van der Waals surface area contributed by atoms with Crippen molar-refractivity contribution in [1.29, 1.82) is 0 Å². The third-order valence-corrected chi connectivity index (χ3v) is 5.40. The van der Waals surface area contributed by atoms with Crippen LogP contribution in [0.3, 0.4) is 0 Å². The summed E-state index contributed by atoms with van der Waals surface area (Å²) in [5.74, 6) is 0.421. The van der Waals surface area contributed by atoms with Crippen LogP contribution in [0, 0.1) is 0 Å². The number of aryl methyl sites for hydroxylation is 1. The number of carbonyl (C=O) groups excluding carboxylic acids is 1. The van der Waals surface area contributed by atoms with Gasteiger partial charge in [-0.25, -0.2) is 0 Å². The number of rotatable bonds is 9. The van der Waals surface area contributed by atoms with E-state index in [1.165, 1.54) is 5.57 Å². The van der Waals surface area contributed by atoms with Gasteiger partial charge in [-0.15, -0.1) is 0 Å². The van der Waals surface area contributed by atoms with E-state index >= 15 is 0 Å². The molecule has 0 aliphatic carbocycles. The van der Waals surface area contributed by atoms with Crippen LogP contribution in [0.25, 0.3) is 10.9 Å². The summed E-state index contributed by atoms with van der Waals surface area (Å²) in [6.07, 6.45) is 6.52. The van der Waals surface area contributed by atoms with Crippen LogP contribution in [0.4, 0.5) is 0 Å². The predicted molar refractivity (Wildman–Crippen MR) is 126 cm³/mol. The van der Waals surface area contributed by atoms with Crippen molar-refractivity contribution in [3.8, 4) is 5.88 Å². The fourth-order valence-electron chi connectivity index (χ4n) is 3.47. The minimum absolute atomic E-state index is 0.0518. The van der Waals surface area contributed by atoms with Crippen molar-refractivity contribution in [3.05, 3.63) is 71.6 Å². The lowest BCUT2D eigenvalue weighted by Crippen LogP contribution is -2.31. The molecule has 0 spiro atoms. The molecule has 8 heteroatoms. The highest BCUT2D eigenvalue weighted by Gasteiger charge is 2.11. The van der Waals surface area contributed by atoms with E-state index < -0.39 is 0 Å². The van der Waals surface area contributed by atoms with E-state index in [0.717, 1.165) is 34.2 Å². The fraction of sp³-hybridized carbons (Fsp3) is 0.320. The summed E-state index contributed by atoms with van der Waals surface area (Å²) in [5.41, 5.74) is 4.69. The van der Waals surface area contributed by atoms with Crippen LogP contribution in [-0.2, 0) is 28.0 Å². The normalized spacial score (nSPS) is 14.1. The number of hydrogen-bond donors (Lipinski definition) is 1. The van der Waals surface area contributed by atoms with E-state index in [-0.39, 0.29) is 12.5 Å². The second-order valence-electron chi connectivity index (χ2n) is 7.91. The summed E-state index contributed by atoms with van der Waals surface area (Å²) in [5, 5.41) is 8.20. The lowest BCUT2D eigenvalue weighted by atomic mass is 10.1. The molecule has 4 rings (SSSR count). The van der Waals surface area contributed by atoms with Crippen molar-refractivity contribution < 1.29 is 19.1 Å². The van der Waals surface area contributed by atoms with Gasteiger partial charge in [0.15, 0.2) is 12.5 Å². The summed E-state index contributed by atoms with van der Waals surface area (Å²) in [7, 11) is 1.86. The lowest BCUT2D eigenvalue weighted by Gasteiger charge is -2.14. The van der Waals surface area contributed by atoms with Crippen molar-refractivity contribution >= 4 is 22.5 Å². The number of benzene rings is 1. The summed E-state index contributed by atoms with van der Waals surface area (Å²) < 4.78 is 12.8. The van der Waals surface area contributed by atoms with Gasteiger partial charge in [-0.2, -0.15) is 0 Å². The molecule has 33 heavy (non-hydrogen) atoms. The van der Waals surface area contributed by atoms with Crippen molar-refractivity contribution in [3.63, 3.8) is 0 Å². The highest BCUT2D eigenvalue weighted by Crippen LogP contribution is 2.17. The largest absolute Gasteiger partial charge is 0.469 e. The van der Waals surface area contributed by atoms with Crippen molar-refractivity contribution in [2.75, 3.05) is 26.4 Å². The first-order chi connectivity index (χ1) is 16.1. The van der Waals surface area contributed by atoms with Crippen LogP contribution in [-0.4, -0.2) is 47.5 Å². The molecule has 0 fully saturated rings. The Morgan fingerprint density at radius 2 is 2.21 bits per heavy atom. The molecule has 1 aliphatic heterocycles. The standard InChI is InChI=1S/C25H28N4O4/c1-18(28-33-16-20-5-6-21-4-3-9-26-23(21)12-20)22-13-25(29(2)15-22)32-17-24(30)27-14-19-7-10-31-11-8-19/h3-7,9,12-13,15H,8,10-11,14,16-17H2,1-2H3,(H,27,30). The minimum Gasteiger partial charge on any atom is -0.469 e. The number of hydrogen-bond acceptors (Lipinski definition) is 6. The van der Waals surface area contributed by atoms with Gasteiger partial charge in [0.05, 0.1) is 24.4 Å². The quantitative estimate of drug-likeness (QED) is 0.308. The first kappa shape index (κ1) is 22.5. The molecule has 3 heterocycles. The van der Waals surface area contributed by atoms with Gasteiger partial charge in [-0.05, 0) is 31.0 Å². The number of pyridine rings is 1. The Balaban J connectivity index is 1.27. The lowest BCUT2D eigenvalue weighted by molar-refractivity contribution is -0.123. The van der Waals surface area contributed by atoms with Crippen LogP contribution < -0.4 is 10.1 Å². The first-order valence-corrected chi connectivity index (χ1v) is 10.9. The van der Waals surface area contributed by atoms with E-state index in [2.05, 4.69) is 15.5 Å². The van der Waals surface area contributed by atoms with Gasteiger partial charge in [-0.3, -0.25) is 9.78 Å². The van der Waals surface area contributed by atoms with Gasteiger partial charge in [0.25, 0.3) is 5.91 Å². The maximum absolute atomic E-state index is 12.1. The summed E-state index contributed by atoms with van der Waals surface area (Å²) >= 11 is 0. The van der Waals surface area contributed by atoms with Crippen LogP contribution in [0.15, 0.2) is 65.6 Å². The molecule has 1 aromatic carbocycles. The van der Waals surface area contributed by atoms with Gasteiger partial charge in [-0.1, -0.05) is 35.0 Å². The van der Waals surface area contributed by atoms with Crippen molar-refractivity contribution in [2.24, 2.45) is 12.2 Å². The Hall–Kier alpha value is -3.65. The number of nitrogens with zero attached hydrogens (tertiary/aromatic N) is 3. The van der Waals surface area contributed by atoms with E-state index in [9.17, 15) is 4.79 Å². The molecule has 1 N–H and O–H groups in total. The molecule has 1 amide bonds. The Labute approximate surface area is 192 Å². The zero-order chi connectivity index (χ0) is 23.0. The topological polar surface area (TPSA) is 87.0 Å². The maximum atomic E-state index is 12.1. The molecule has 0 saturated heterocycles. The third kappa shape index (κ3) is 6.20. The Morgan fingerprint density at radius 3 is 3.06 bits per heavy atom. The maximum Gasteiger partial charge on any atom is 0.258 e. The SMILES string of the molecule is CC(=NOCc1ccc2cccnc2c1)c1cc(OCC(=O)NCC2=CCOCC2)n(C)c1. The molecular weight excluding hydrogens is 420 g/mol. The van der Waals surface area contributed by atoms with E-state index in [1.54, 1.807) is 6.20 Å². The predicted octanol–water partition coefficient (Wildman–Crippen LogP) is 3.36. The van der Waals surface area contributed by atoms with E-state index in [4.69, 9.17) is 14.3 Å². The molecule has 0 bridgehead atoms. The smallest absolute Gasteiger partial charge is 0.258 e. The monoisotopic (exact) mass is 448 g/mol. The van der Waals surface area contributed by atoms with Crippen LogP contribution in [0.1, 0.15) is 24.5 Å². The number of fused-ring (bicyclic) bond motifs is 1. The number of oxime groups is 1. The molecule has 0 atom stereocenters. The Bertz CT molecular complexity index is 1180. The van der Waals surface area contributed by atoms with Gasteiger partial charge < -0.3 is 24.2 Å². The Morgan fingerprint density at radius 1 is 1.30 bits per heavy atom. The zero-order valence-corrected chi connectivity index (χ0v) is 18.9. The number of aromatic nitrogens is 2. The molecule has 0 radical (unpaired) electrons. The summed E-state index contributed by atoms with van der Waals surface area (Å²) in [6, 6.07) is 11.8. The van der Waals surface area contributed by atoms with Crippen LogP contribution >= 0.6 is 0 Å².